The Morgan fingerprint density at radius 2 is 2.04 bits per heavy atom. The molecule has 0 saturated heterocycles. The summed E-state index contributed by atoms with van der Waals surface area (Å²) in [6, 6.07) is 13.6. The number of para-hydroxylation sites is 1. The number of nitro groups is 1. The van der Waals surface area contributed by atoms with Gasteiger partial charge in [0.2, 0.25) is 0 Å². The molecule has 23 heavy (non-hydrogen) atoms. The maximum atomic E-state index is 12.6. The van der Waals surface area contributed by atoms with E-state index < -0.39 is 11.0 Å². The number of rotatable bonds is 4. The number of carbonyl (C=O) groups excluding carboxylic acids is 1. The van der Waals surface area contributed by atoms with E-state index in [1.807, 2.05) is 24.3 Å². The molecule has 0 bridgehead atoms. The van der Waals surface area contributed by atoms with Gasteiger partial charge in [0.1, 0.15) is 5.75 Å². The topological polar surface area (TPSA) is 72.7 Å². The Morgan fingerprint density at radius 3 is 2.83 bits per heavy atom. The molecule has 0 radical (unpaired) electrons. The molecule has 1 heterocycles. The third-order valence-electron chi connectivity index (χ3n) is 3.84. The van der Waals surface area contributed by atoms with Crippen LogP contribution in [0, 0.1) is 10.1 Å². The van der Waals surface area contributed by atoms with Crippen LogP contribution in [0.4, 0.5) is 11.4 Å². The van der Waals surface area contributed by atoms with Crippen LogP contribution in [0.2, 0.25) is 0 Å². The number of nitro benzene ring substituents is 1. The molecule has 1 amide bonds. The van der Waals surface area contributed by atoms with E-state index in [0.717, 1.165) is 17.7 Å². The molecule has 118 valence electrons. The molecule has 0 fully saturated rings. The minimum Gasteiger partial charge on any atom is -0.481 e. The lowest BCUT2D eigenvalue weighted by Crippen LogP contribution is -2.39. The van der Waals surface area contributed by atoms with Crippen LogP contribution in [-0.2, 0) is 11.2 Å². The molecule has 2 aromatic carbocycles. The Hall–Kier alpha value is -2.89. The molecular weight excluding hydrogens is 296 g/mol. The number of hydrogen-bond donors (Lipinski definition) is 0. The number of amides is 1. The van der Waals surface area contributed by atoms with E-state index in [2.05, 4.69) is 0 Å². The van der Waals surface area contributed by atoms with Crippen molar-refractivity contribution in [3.63, 3.8) is 0 Å². The van der Waals surface area contributed by atoms with E-state index in [1.54, 1.807) is 17.9 Å². The van der Waals surface area contributed by atoms with Crippen LogP contribution in [0.25, 0.3) is 0 Å². The van der Waals surface area contributed by atoms with Crippen LogP contribution in [0.1, 0.15) is 12.5 Å². The fourth-order valence-electron chi connectivity index (χ4n) is 2.71. The van der Waals surface area contributed by atoms with Crippen molar-refractivity contribution in [1.82, 2.24) is 0 Å². The van der Waals surface area contributed by atoms with Gasteiger partial charge >= 0.3 is 0 Å². The second kappa shape index (κ2) is 6.08. The summed E-state index contributed by atoms with van der Waals surface area (Å²) < 4.78 is 5.60. The number of fused-ring (bicyclic) bond motifs is 1. The maximum absolute atomic E-state index is 12.6. The monoisotopic (exact) mass is 312 g/mol. The molecule has 1 atom stereocenters. The molecular formula is C17H16N2O4. The zero-order chi connectivity index (χ0) is 16.4. The van der Waals surface area contributed by atoms with Crippen LogP contribution < -0.4 is 9.64 Å². The van der Waals surface area contributed by atoms with E-state index in [4.69, 9.17) is 4.74 Å². The van der Waals surface area contributed by atoms with Gasteiger partial charge in [-0.1, -0.05) is 24.3 Å². The van der Waals surface area contributed by atoms with E-state index >= 15 is 0 Å². The molecule has 1 aliphatic heterocycles. The van der Waals surface area contributed by atoms with Crippen molar-refractivity contribution in [2.45, 2.75) is 19.4 Å². The molecule has 0 unspecified atom stereocenters. The lowest BCUT2D eigenvalue weighted by Gasteiger charge is -2.22. The quantitative estimate of drug-likeness (QED) is 0.642. The summed E-state index contributed by atoms with van der Waals surface area (Å²) in [6.07, 6.45) is 0.106. The molecule has 0 aliphatic carbocycles. The highest BCUT2D eigenvalue weighted by Gasteiger charge is 2.28. The average molecular weight is 312 g/mol. The van der Waals surface area contributed by atoms with E-state index in [1.165, 1.54) is 18.2 Å². The minimum absolute atomic E-state index is 0.0614. The normalized spacial score (nSPS) is 14.2. The highest BCUT2D eigenvalue weighted by atomic mass is 16.6. The van der Waals surface area contributed by atoms with E-state index in [9.17, 15) is 14.9 Å². The number of nitrogens with zero attached hydrogens (tertiary/aromatic N) is 2. The molecule has 3 rings (SSSR count). The average Bonchev–Trinajstić information content (AvgIpc) is 2.98. The van der Waals surface area contributed by atoms with Gasteiger partial charge in [0, 0.05) is 18.3 Å². The second-order valence-electron chi connectivity index (χ2n) is 5.38. The molecule has 2 aromatic rings. The lowest BCUT2D eigenvalue weighted by molar-refractivity contribution is -0.384. The zero-order valence-corrected chi connectivity index (χ0v) is 12.6. The molecule has 1 aliphatic rings. The van der Waals surface area contributed by atoms with Gasteiger partial charge in [0.25, 0.3) is 11.6 Å². The smallest absolute Gasteiger partial charge is 0.273 e. The molecule has 0 aromatic heterocycles. The molecule has 0 spiro atoms. The number of anilines is 1. The highest BCUT2D eigenvalue weighted by molar-refractivity contribution is 5.98. The van der Waals surface area contributed by atoms with Gasteiger partial charge in [-0.25, -0.2) is 0 Å². The molecule has 0 saturated carbocycles. The van der Waals surface area contributed by atoms with Crippen molar-refractivity contribution >= 4 is 17.3 Å². The minimum atomic E-state index is -0.719. The first-order chi connectivity index (χ1) is 11.1. The van der Waals surface area contributed by atoms with Crippen LogP contribution in [-0.4, -0.2) is 23.5 Å². The van der Waals surface area contributed by atoms with Crippen molar-refractivity contribution in [1.29, 1.82) is 0 Å². The van der Waals surface area contributed by atoms with Crippen LogP contribution in [0.3, 0.4) is 0 Å². The van der Waals surface area contributed by atoms with E-state index in [0.29, 0.717) is 12.3 Å². The Balaban J connectivity index is 1.74. The SMILES string of the molecule is C[C@H](Oc1cccc([N+](=O)[O-])c1)C(=O)N1CCc2ccccc21. The standard InChI is InChI=1S/C17H16N2O4/c1-12(23-15-7-4-6-14(11-15)19(21)22)17(20)18-10-9-13-5-2-3-8-16(13)18/h2-8,11-12H,9-10H2,1H3/t12-/m0/s1. The Morgan fingerprint density at radius 1 is 1.26 bits per heavy atom. The van der Waals surface area contributed by atoms with Crippen LogP contribution >= 0.6 is 0 Å². The van der Waals surface area contributed by atoms with Gasteiger partial charge < -0.3 is 9.64 Å². The number of carbonyl (C=O) groups is 1. The van der Waals surface area contributed by atoms with Crippen molar-refractivity contribution in [2.24, 2.45) is 0 Å². The van der Waals surface area contributed by atoms with Gasteiger partial charge in [-0.3, -0.25) is 14.9 Å². The third kappa shape index (κ3) is 3.01. The molecule has 6 nitrogen and oxygen atoms in total. The summed E-state index contributed by atoms with van der Waals surface area (Å²) in [4.78, 5) is 24.6. The van der Waals surface area contributed by atoms with Crippen molar-refractivity contribution < 1.29 is 14.5 Å². The largest absolute Gasteiger partial charge is 0.481 e. The first-order valence-electron chi connectivity index (χ1n) is 7.36. The van der Waals surface area contributed by atoms with Gasteiger partial charge in [-0.05, 0) is 31.0 Å². The Kier molecular flexibility index (Phi) is 3.97. The van der Waals surface area contributed by atoms with Crippen molar-refractivity contribution in [3.8, 4) is 5.75 Å². The summed E-state index contributed by atoms with van der Waals surface area (Å²) in [7, 11) is 0. The van der Waals surface area contributed by atoms with Crippen molar-refractivity contribution in [3.05, 3.63) is 64.2 Å². The summed E-state index contributed by atoms with van der Waals surface area (Å²) in [5, 5.41) is 10.8. The highest BCUT2D eigenvalue weighted by Crippen LogP contribution is 2.28. The predicted octanol–water partition coefficient (Wildman–Crippen LogP) is 2.95. The fourth-order valence-corrected chi connectivity index (χ4v) is 2.71. The predicted molar refractivity (Wildman–Crippen MR) is 85.7 cm³/mol. The third-order valence-corrected chi connectivity index (χ3v) is 3.84. The van der Waals surface area contributed by atoms with Gasteiger partial charge in [0.15, 0.2) is 6.10 Å². The fraction of sp³-hybridized carbons (Fsp3) is 0.235. The Bertz CT molecular complexity index is 760. The summed E-state index contributed by atoms with van der Waals surface area (Å²) in [5.74, 6) is 0.161. The number of ether oxygens (including phenoxy) is 1. The number of non-ortho nitro benzene ring substituents is 1. The lowest BCUT2D eigenvalue weighted by atomic mass is 10.2. The number of hydrogen-bond acceptors (Lipinski definition) is 4. The second-order valence-corrected chi connectivity index (χ2v) is 5.38. The maximum Gasteiger partial charge on any atom is 0.273 e. The first-order valence-corrected chi connectivity index (χ1v) is 7.36. The summed E-state index contributed by atoms with van der Waals surface area (Å²) >= 11 is 0. The zero-order valence-electron chi connectivity index (χ0n) is 12.6. The summed E-state index contributed by atoms with van der Waals surface area (Å²) in [6.45, 7) is 2.28. The van der Waals surface area contributed by atoms with Gasteiger partial charge in [-0.15, -0.1) is 0 Å². The van der Waals surface area contributed by atoms with Gasteiger partial charge in [0.05, 0.1) is 11.0 Å². The van der Waals surface area contributed by atoms with Gasteiger partial charge in [-0.2, -0.15) is 0 Å². The molecule has 6 heteroatoms. The van der Waals surface area contributed by atoms with Crippen molar-refractivity contribution in [2.75, 3.05) is 11.4 Å². The first kappa shape index (κ1) is 15.0. The van der Waals surface area contributed by atoms with Crippen LogP contribution in [0.5, 0.6) is 5.75 Å². The number of benzene rings is 2. The molecule has 0 N–H and O–H groups in total. The Labute approximate surface area is 133 Å². The van der Waals surface area contributed by atoms with E-state index in [-0.39, 0.29) is 11.6 Å². The van der Waals surface area contributed by atoms with Crippen LogP contribution in [0.15, 0.2) is 48.5 Å². The summed E-state index contributed by atoms with van der Waals surface area (Å²) in [5.41, 5.74) is 1.99.